The normalized spacial score (nSPS) is 11.1. The van der Waals surface area contributed by atoms with Gasteiger partial charge in [-0.1, -0.05) is 65.8 Å². The second kappa shape index (κ2) is 8.97. The van der Waals surface area contributed by atoms with Crippen molar-refractivity contribution in [1.29, 1.82) is 0 Å². The van der Waals surface area contributed by atoms with E-state index >= 15 is 0 Å². The molecular formula is C24H22N2O3. The van der Waals surface area contributed by atoms with Crippen LogP contribution in [0.2, 0.25) is 0 Å². The van der Waals surface area contributed by atoms with Gasteiger partial charge in [0.2, 0.25) is 0 Å². The van der Waals surface area contributed by atoms with Crippen molar-refractivity contribution >= 4 is 17.1 Å². The predicted octanol–water partition coefficient (Wildman–Crippen LogP) is 4.83. The van der Waals surface area contributed by atoms with Crippen LogP contribution in [0.5, 0.6) is 5.75 Å². The summed E-state index contributed by atoms with van der Waals surface area (Å²) in [7, 11) is 1.64. The Morgan fingerprint density at radius 1 is 0.828 bits per heavy atom. The van der Waals surface area contributed by atoms with Gasteiger partial charge >= 0.3 is 0 Å². The quantitative estimate of drug-likeness (QED) is 0.322. The van der Waals surface area contributed by atoms with Gasteiger partial charge in [0.05, 0.1) is 17.9 Å². The average molecular weight is 386 g/mol. The predicted molar refractivity (Wildman–Crippen MR) is 114 cm³/mol. The third-order valence-corrected chi connectivity index (χ3v) is 4.57. The molecule has 4 rings (SSSR count). The van der Waals surface area contributed by atoms with Crippen molar-refractivity contribution in [1.82, 2.24) is 4.73 Å². The number of hydrogen-bond donors (Lipinski definition) is 0. The molecule has 0 unspecified atom stereocenters. The minimum atomic E-state index is 0.387. The molecule has 5 nitrogen and oxygen atoms in total. The van der Waals surface area contributed by atoms with Gasteiger partial charge in [0, 0.05) is 10.9 Å². The van der Waals surface area contributed by atoms with Gasteiger partial charge in [0.25, 0.3) is 0 Å². The molecule has 0 aliphatic rings. The van der Waals surface area contributed by atoms with Gasteiger partial charge in [-0.2, -0.15) is 4.73 Å². The lowest BCUT2D eigenvalue weighted by Gasteiger charge is -2.07. The second-order valence-corrected chi connectivity index (χ2v) is 6.54. The lowest BCUT2D eigenvalue weighted by Crippen LogP contribution is -2.02. The minimum Gasteiger partial charge on any atom is -0.489 e. The summed E-state index contributed by atoms with van der Waals surface area (Å²) < 4.78 is 7.51. The van der Waals surface area contributed by atoms with Crippen molar-refractivity contribution in [2.45, 2.75) is 13.2 Å². The summed E-state index contributed by atoms with van der Waals surface area (Å²) in [6.45, 7) is 0.939. The van der Waals surface area contributed by atoms with Crippen LogP contribution in [0.4, 0.5) is 0 Å². The highest BCUT2D eigenvalue weighted by Crippen LogP contribution is 2.19. The van der Waals surface area contributed by atoms with Crippen LogP contribution in [0.3, 0.4) is 0 Å². The first-order chi connectivity index (χ1) is 14.3. The molecule has 1 aromatic heterocycles. The first kappa shape index (κ1) is 18.6. The standard InChI is InChI=1S/C24H22N2O3/c1-27-26-16-21(23-9-5-6-10-24(23)26)15-25-29-18-20-11-13-22(14-12-20)28-17-19-7-3-2-4-8-19/h2-16H,17-18H2,1H3/b25-15+. The zero-order chi connectivity index (χ0) is 19.9. The van der Waals surface area contributed by atoms with E-state index in [4.69, 9.17) is 14.4 Å². The molecule has 0 saturated carbocycles. The van der Waals surface area contributed by atoms with Gasteiger partial charge in [-0.15, -0.1) is 0 Å². The number of para-hydroxylation sites is 1. The minimum absolute atomic E-state index is 0.387. The van der Waals surface area contributed by atoms with Crippen LogP contribution in [0, 0.1) is 0 Å². The smallest absolute Gasteiger partial charge is 0.142 e. The number of rotatable bonds is 8. The van der Waals surface area contributed by atoms with Crippen LogP contribution in [-0.4, -0.2) is 18.1 Å². The van der Waals surface area contributed by atoms with Crippen LogP contribution in [0.1, 0.15) is 16.7 Å². The molecule has 4 aromatic rings. The fraction of sp³-hybridized carbons (Fsp3) is 0.125. The summed E-state index contributed by atoms with van der Waals surface area (Å²) in [6.07, 6.45) is 3.59. The largest absolute Gasteiger partial charge is 0.489 e. The van der Waals surface area contributed by atoms with Gasteiger partial charge in [0.1, 0.15) is 26.1 Å². The van der Waals surface area contributed by atoms with Crippen molar-refractivity contribution < 1.29 is 14.4 Å². The molecule has 146 valence electrons. The number of fused-ring (bicyclic) bond motifs is 1. The Balaban J connectivity index is 1.32. The van der Waals surface area contributed by atoms with E-state index in [1.807, 2.05) is 85.1 Å². The fourth-order valence-corrected chi connectivity index (χ4v) is 3.06. The lowest BCUT2D eigenvalue weighted by molar-refractivity contribution is 0.132. The van der Waals surface area contributed by atoms with Crippen LogP contribution in [0.25, 0.3) is 10.9 Å². The first-order valence-electron chi connectivity index (χ1n) is 9.39. The maximum atomic E-state index is 5.80. The Bertz CT molecular complexity index is 1090. The number of benzene rings is 3. The van der Waals surface area contributed by atoms with Gasteiger partial charge in [-0.05, 0) is 29.3 Å². The Morgan fingerprint density at radius 2 is 1.55 bits per heavy atom. The van der Waals surface area contributed by atoms with E-state index in [1.54, 1.807) is 18.1 Å². The van der Waals surface area contributed by atoms with Crippen molar-refractivity contribution in [2.24, 2.45) is 5.16 Å². The number of hydrogen-bond acceptors (Lipinski definition) is 4. The van der Waals surface area contributed by atoms with Crippen molar-refractivity contribution in [3.8, 4) is 5.75 Å². The Kier molecular flexibility index (Phi) is 5.76. The summed E-state index contributed by atoms with van der Waals surface area (Å²) >= 11 is 0. The maximum absolute atomic E-state index is 5.80. The summed E-state index contributed by atoms with van der Waals surface area (Å²) in [5.74, 6) is 0.827. The van der Waals surface area contributed by atoms with E-state index in [2.05, 4.69) is 5.16 Å². The number of ether oxygens (including phenoxy) is 1. The Hall–Kier alpha value is -3.73. The van der Waals surface area contributed by atoms with Crippen molar-refractivity contribution in [2.75, 3.05) is 7.11 Å². The summed E-state index contributed by atoms with van der Waals surface area (Å²) in [4.78, 5) is 10.8. The molecule has 0 aliphatic carbocycles. The van der Waals surface area contributed by atoms with Gasteiger partial charge in [-0.25, -0.2) is 0 Å². The van der Waals surface area contributed by atoms with Crippen LogP contribution in [-0.2, 0) is 18.1 Å². The van der Waals surface area contributed by atoms with Crippen molar-refractivity contribution in [3.63, 3.8) is 0 Å². The van der Waals surface area contributed by atoms with E-state index < -0.39 is 0 Å². The van der Waals surface area contributed by atoms with Crippen molar-refractivity contribution in [3.05, 3.63) is 102 Å². The van der Waals surface area contributed by atoms with Crippen LogP contribution >= 0.6 is 0 Å². The van der Waals surface area contributed by atoms with E-state index in [-0.39, 0.29) is 0 Å². The lowest BCUT2D eigenvalue weighted by atomic mass is 10.2. The molecule has 3 aromatic carbocycles. The summed E-state index contributed by atoms with van der Waals surface area (Å²) in [5, 5.41) is 5.16. The second-order valence-electron chi connectivity index (χ2n) is 6.54. The average Bonchev–Trinajstić information content (AvgIpc) is 3.15. The van der Waals surface area contributed by atoms with Gasteiger partial charge < -0.3 is 14.4 Å². The molecule has 1 heterocycles. The molecule has 0 radical (unpaired) electrons. The Labute approximate surface area is 169 Å². The summed E-state index contributed by atoms with van der Waals surface area (Å²) in [5.41, 5.74) is 4.09. The van der Waals surface area contributed by atoms with E-state index in [9.17, 15) is 0 Å². The molecule has 0 amide bonds. The van der Waals surface area contributed by atoms with E-state index in [1.165, 1.54) is 0 Å². The monoisotopic (exact) mass is 386 g/mol. The number of aromatic nitrogens is 1. The molecule has 0 atom stereocenters. The van der Waals surface area contributed by atoms with Crippen LogP contribution < -0.4 is 9.57 Å². The van der Waals surface area contributed by atoms with Gasteiger partial charge in [0.15, 0.2) is 0 Å². The Morgan fingerprint density at radius 3 is 2.34 bits per heavy atom. The highest BCUT2D eigenvalue weighted by atomic mass is 16.6. The SMILES string of the molecule is COn1cc(/C=N/OCc2ccc(OCc3ccccc3)cc2)c2ccccc21. The molecule has 5 heteroatoms. The molecule has 0 fully saturated rings. The highest BCUT2D eigenvalue weighted by Gasteiger charge is 2.06. The zero-order valence-electron chi connectivity index (χ0n) is 16.2. The summed E-state index contributed by atoms with van der Waals surface area (Å²) in [6, 6.07) is 25.9. The van der Waals surface area contributed by atoms with Crippen LogP contribution in [0.15, 0.2) is 90.2 Å². The highest BCUT2D eigenvalue weighted by molar-refractivity contribution is 5.99. The fourth-order valence-electron chi connectivity index (χ4n) is 3.06. The van der Waals surface area contributed by atoms with Gasteiger partial charge in [-0.3, -0.25) is 0 Å². The van der Waals surface area contributed by atoms with E-state index in [0.29, 0.717) is 13.2 Å². The maximum Gasteiger partial charge on any atom is 0.142 e. The molecule has 0 bridgehead atoms. The zero-order valence-corrected chi connectivity index (χ0v) is 16.2. The topological polar surface area (TPSA) is 45.0 Å². The molecule has 0 saturated heterocycles. The molecule has 0 aliphatic heterocycles. The third-order valence-electron chi connectivity index (χ3n) is 4.57. The first-order valence-corrected chi connectivity index (χ1v) is 9.39. The molecular weight excluding hydrogens is 364 g/mol. The molecule has 0 spiro atoms. The van der Waals surface area contributed by atoms with E-state index in [0.717, 1.165) is 33.3 Å². The molecule has 0 N–H and O–H groups in total. The number of nitrogens with zero attached hydrogens (tertiary/aromatic N) is 2. The molecule has 29 heavy (non-hydrogen) atoms. The number of oxime groups is 1. The third kappa shape index (κ3) is 4.58.